The van der Waals surface area contributed by atoms with Gasteiger partial charge >= 0.3 is 18.2 Å². The zero-order valence-electron chi connectivity index (χ0n) is 26.6. The quantitative estimate of drug-likeness (QED) is 0.162. The third-order valence-corrected chi connectivity index (χ3v) is 7.03. The van der Waals surface area contributed by atoms with E-state index in [4.69, 9.17) is 35.3 Å². The molecule has 45 heavy (non-hydrogen) atoms. The minimum absolute atomic E-state index is 0.188. The lowest BCUT2D eigenvalue weighted by molar-refractivity contribution is -0.184. The fourth-order valence-electron chi connectivity index (χ4n) is 4.55. The molecule has 2 amide bonds. The number of nitrogens with one attached hydrogen (secondary N) is 2. The van der Waals surface area contributed by atoms with Crippen LogP contribution in [0.2, 0.25) is 5.02 Å². The van der Waals surface area contributed by atoms with Crippen molar-refractivity contribution in [1.82, 2.24) is 10.6 Å². The van der Waals surface area contributed by atoms with Gasteiger partial charge in [-0.15, -0.1) is 0 Å². The van der Waals surface area contributed by atoms with Crippen LogP contribution in [0.5, 0.6) is 5.75 Å². The zero-order chi connectivity index (χ0) is 33.2. The van der Waals surface area contributed by atoms with Gasteiger partial charge in [0.2, 0.25) is 6.29 Å². The molecule has 2 aromatic rings. The van der Waals surface area contributed by atoms with Crippen molar-refractivity contribution in [2.45, 2.75) is 103 Å². The summed E-state index contributed by atoms with van der Waals surface area (Å²) < 4.78 is 27.1. The van der Waals surface area contributed by atoms with Crippen LogP contribution in [0.25, 0.3) is 0 Å². The summed E-state index contributed by atoms with van der Waals surface area (Å²) in [6.45, 7) is 10.2. The molecule has 246 valence electrons. The number of amides is 2. The van der Waals surface area contributed by atoms with E-state index in [0.29, 0.717) is 42.1 Å². The molecule has 0 bridgehead atoms. The van der Waals surface area contributed by atoms with E-state index in [1.54, 1.807) is 57.2 Å². The van der Waals surface area contributed by atoms with E-state index in [1.807, 2.05) is 12.1 Å². The number of carbonyl (C=O) groups excluding carboxylic acids is 4. The van der Waals surface area contributed by atoms with Gasteiger partial charge < -0.3 is 34.3 Å². The first-order valence-electron chi connectivity index (χ1n) is 15.0. The summed E-state index contributed by atoms with van der Waals surface area (Å²) in [7, 11) is 0. The van der Waals surface area contributed by atoms with Crippen molar-refractivity contribution in [3.63, 3.8) is 0 Å². The van der Waals surface area contributed by atoms with Gasteiger partial charge in [0.05, 0.1) is 6.04 Å². The monoisotopic (exact) mass is 646 g/mol. The largest absolute Gasteiger partial charge is 0.511 e. The molecule has 0 aromatic heterocycles. The Bertz CT molecular complexity index is 1310. The van der Waals surface area contributed by atoms with E-state index in [1.165, 1.54) is 20.8 Å². The maximum atomic E-state index is 12.9. The Hall–Kier alpha value is -3.99. The van der Waals surface area contributed by atoms with E-state index >= 15 is 0 Å². The number of esters is 1. The highest BCUT2D eigenvalue weighted by Crippen LogP contribution is 2.24. The van der Waals surface area contributed by atoms with Gasteiger partial charge in [0, 0.05) is 24.1 Å². The molecule has 3 atom stereocenters. The third-order valence-electron chi connectivity index (χ3n) is 6.78. The minimum Gasteiger partial charge on any atom is -0.476 e. The van der Waals surface area contributed by atoms with Gasteiger partial charge in [-0.3, -0.25) is 4.79 Å². The molecule has 0 aliphatic heterocycles. The molecule has 3 rings (SSSR count). The van der Waals surface area contributed by atoms with E-state index in [-0.39, 0.29) is 5.91 Å². The summed E-state index contributed by atoms with van der Waals surface area (Å²) in [5.41, 5.74) is -0.574. The Morgan fingerprint density at radius 2 is 1.56 bits per heavy atom. The third kappa shape index (κ3) is 12.1. The Kier molecular flexibility index (Phi) is 12.5. The molecule has 0 radical (unpaired) electrons. The molecular formula is C33H43ClN2O9. The van der Waals surface area contributed by atoms with Crippen LogP contribution in [-0.2, 0) is 30.2 Å². The van der Waals surface area contributed by atoms with Crippen LogP contribution in [0.3, 0.4) is 0 Å². The molecule has 2 N–H and O–H groups in total. The molecule has 2 aromatic carbocycles. The molecule has 1 aliphatic rings. The lowest BCUT2D eigenvalue weighted by Crippen LogP contribution is -2.48. The normalized spacial score (nSPS) is 17.3. The molecule has 11 nitrogen and oxygen atoms in total. The smallest absolute Gasteiger partial charge is 0.476 e. The fourth-order valence-corrected chi connectivity index (χ4v) is 4.68. The average Bonchev–Trinajstić information content (AvgIpc) is 2.94. The van der Waals surface area contributed by atoms with Gasteiger partial charge in [-0.05, 0) is 102 Å². The predicted octanol–water partition coefficient (Wildman–Crippen LogP) is 6.35. The van der Waals surface area contributed by atoms with Gasteiger partial charge in [-0.1, -0.05) is 30.2 Å². The van der Waals surface area contributed by atoms with E-state index in [2.05, 4.69) is 10.6 Å². The molecule has 0 saturated heterocycles. The standard InChI is InChI=1S/C33H43ClN2O9/c1-21(42-31(40)43-27-10-8-7-9-26(27)36-30(39)45-32(2,3)4)41-29(38)33(5,6)44-25-17-11-22(12-18-25)19-20-35-28(37)23-13-15-24(34)16-14-23/h11-18,21,26-27H,7-10,19-20H2,1-6H3,(H,35,37)(H,36,39). The van der Waals surface area contributed by atoms with Crippen LogP contribution in [0.1, 0.15) is 83.1 Å². The van der Waals surface area contributed by atoms with Crippen LogP contribution >= 0.6 is 11.6 Å². The molecular weight excluding hydrogens is 604 g/mol. The first-order chi connectivity index (χ1) is 21.1. The maximum absolute atomic E-state index is 12.9. The van der Waals surface area contributed by atoms with Crippen LogP contribution in [-0.4, -0.2) is 60.3 Å². The first-order valence-corrected chi connectivity index (χ1v) is 15.4. The average molecular weight is 647 g/mol. The minimum atomic E-state index is -1.40. The van der Waals surface area contributed by atoms with Crippen LogP contribution in [0.4, 0.5) is 9.59 Å². The van der Waals surface area contributed by atoms with E-state index in [9.17, 15) is 19.2 Å². The summed E-state index contributed by atoms with van der Waals surface area (Å²) in [6, 6.07) is 13.3. The second kappa shape index (κ2) is 15.8. The number of hydrogen-bond donors (Lipinski definition) is 2. The Morgan fingerprint density at radius 3 is 2.20 bits per heavy atom. The van der Waals surface area contributed by atoms with Crippen molar-refractivity contribution in [1.29, 1.82) is 0 Å². The molecule has 1 fully saturated rings. The van der Waals surface area contributed by atoms with Gasteiger partial charge in [0.15, 0.2) is 5.60 Å². The van der Waals surface area contributed by atoms with Gasteiger partial charge in [-0.2, -0.15) is 0 Å². The van der Waals surface area contributed by atoms with Crippen molar-refractivity contribution in [2.75, 3.05) is 6.54 Å². The SMILES string of the molecule is CC(OC(=O)OC1CCCCC1NC(=O)OC(C)(C)C)OC(=O)C(C)(C)Oc1ccc(CCNC(=O)c2ccc(Cl)cc2)cc1. The summed E-state index contributed by atoms with van der Waals surface area (Å²) in [4.78, 5) is 49.8. The van der Waals surface area contributed by atoms with Crippen molar-refractivity contribution in [2.24, 2.45) is 0 Å². The molecule has 12 heteroatoms. The Labute approximate surface area is 269 Å². The van der Waals surface area contributed by atoms with Crippen molar-refractivity contribution >= 4 is 35.7 Å². The molecule has 3 unspecified atom stereocenters. The van der Waals surface area contributed by atoms with E-state index in [0.717, 1.165) is 18.4 Å². The van der Waals surface area contributed by atoms with Gasteiger partial charge in [0.25, 0.3) is 5.91 Å². The number of carbonyl (C=O) groups is 4. The summed E-state index contributed by atoms with van der Waals surface area (Å²) in [5, 5.41) is 6.20. The van der Waals surface area contributed by atoms with Crippen molar-refractivity contribution < 1.29 is 42.9 Å². The lowest BCUT2D eigenvalue weighted by Gasteiger charge is -2.32. The van der Waals surface area contributed by atoms with Crippen LogP contribution < -0.4 is 15.4 Å². The molecule has 1 aliphatic carbocycles. The Morgan fingerprint density at radius 1 is 0.911 bits per heavy atom. The first kappa shape index (κ1) is 35.5. The predicted molar refractivity (Wildman–Crippen MR) is 167 cm³/mol. The molecule has 0 heterocycles. The molecule has 0 spiro atoms. The number of halogens is 1. The second-order valence-electron chi connectivity index (χ2n) is 12.3. The van der Waals surface area contributed by atoms with E-state index < -0.39 is 47.9 Å². The lowest BCUT2D eigenvalue weighted by atomic mass is 9.92. The maximum Gasteiger partial charge on any atom is 0.511 e. The van der Waals surface area contributed by atoms with Crippen molar-refractivity contribution in [3.05, 3.63) is 64.7 Å². The summed E-state index contributed by atoms with van der Waals surface area (Å²) in [6.07, 6.45) is -0.0208. The van der Waals surface area contributed by atoms with Gasteiger partial charge in [-0.25, -0.2) is 14.4 Å². The fraction of sp³-hybridized carbons (Fsp3) is 0.515. The highest BCUT2D eigenvalue weighted by molar-refractivity contribution is 6.30. The topological polar surface area (TPSA) is 138 Å². The molecule has 1 saturated carbocycles. The number of hydrogen-bond acceptors (Lipinski definition) is 9. The number of ether oxygens (including phenoxy) is 5. The Balaban J connectivity index is 1.43. The van der Waals surface area contributed by atoms with Gasteiger partial charge in [0.1, 0.15) is 17.5 Å². The number of rotatable bonds is 11. The summed E-state index contributed by atoms with van der Waals surface area (Å²) >= 11 is 5.87. The zero-order valence-corrected chi connectivity index (χ0v) is 27.4. The van der Waals surface area contributed by atoms with Crippen LogP contribution in [0, 0.1) is 0 Å². The van der Waals surface area contributed by atoms with Crippen molar-refractivity contribution in [3.8, 4) is 5.75 Å². The number of benzene rings is 2. The highest BCUT2D eigenvalue weighted by Gasteiger charge is 2.35. The second-order valence-corrected chi connectivity index (χ2v) is 12.7. The highest BCUT2D eigenvalue weighted by atomic mass is 35.5. The van der Waals surface area contributed by atoms with Crippen LogP contribution in [0.15, 0.2) is 48.5 Å². The number of alkyl carbamates (subject to hydrolysis) is 1. The summed E-state index contributed by atoms with van der Waals surface area (Å²) in [5.74, 6) is -0.509.